The van der Waals surface area contributed by atoms with E-state index in [2.05, 4.69) is 47.1 Å². The van der Waals surface area contributed by atoms with Crippen LogP contribution in [0, 0.1) is 5.92 Å². The lowest BCUT2D eigenvalue weighted by atomic mass is 9.70. The van der Waals surface area contributed by atoms with Gasteiger partial charge in [-0.05, 0) is 42.4 Å². The molecule has 1 aliphatic carbocycles. The molecule has 0 bridgehead atoms. The summed E-state index contributed by atoms with van der Waals surface area (Å²) < 4.78 is 1.22. The Kier molecular flexibility index (Phi) is 3.27. The molecule has 0 radical (unpaired) electrons. The quantitative estimate of drug-likeness (QED) is 0.729. The van der Waals surface area contributed by atoms with Crippen molar-refractivity contribution >= 4 is 15.9 Å². The fraction of sp³-hybridized carbons (Fsp3) is 0.538. The topological polar surface area (TPSA) is 0 Å². The third-order valence-corrected chi connectivity index (χ3v) is 3.75. The third-order valence-electron chi connectivity index (χ3n) is 3.25. The smallest absolute Gasteiger partial charge is 0.0178 e. The third kappa shape index (κ3) is 2.20. The molecule has 0 atom stereocenters. The Labute approximate surface area is 94.8 Å². The van der Waals surface area contributed by atoms with Gasteiger partial charge in [-0.15, -0.1) is 0 Å². The second kappa shape index (κ2) is 4.48. The molecule has 0 heterocycles. The summed E-state index contributed by atoms with van der Waals surface area (Å²) in [7, 11) is 0. The van der Waals surface area contributed by atoms with Crippen LogP contribution in [0.4, 0.5) is 0 Å². The molecular weight excluding hydrogens is 236 g/mol. The van der Waals surface area contributed by atoms with Crippen LogP contribution in [-0.2, 0) is 0 Å². The Balaban J connectivity index is 1.93. The van der Waals surface area contributed by atoms with Crippen molar-refractivity contribution < 1.29 is 0 Å². The minimum atomic E-state index is 0.837. The lowest BCUT2D eigenvalue weighted by Gasteiger charge is -2.35. The van der Waals surface area contributed by atoms with Crippen molar-refractivity contribution in [2.45, 2.75) is 38.5 Å². The molecule has 14 heavy (non-hydrogen) atoms. The molecule has 2 rings (SSSR count). The average Bonchev–Trinajstić information content (AvgIpc) is 2.10. The van der Waals surface area contributed by atoms with E-state index >= 15 is 0 Å². The van der Waals surface area contributed by atoms with Crippen molar-refractivity contribution in [2.75, 3.05) is 0 Å². The standard InChI is InChI=1S/C13H17Br/c1-2-4-10-7-12(8-10)11-5-3-6-13(14)9-11/h3,5-6,9-10,12H,2,4,7-8H2,1H3. The highest BCUT2D eigenvalue weighted by molar-refractivity contribution is 9.10. The highest BCUT2D eigenvalue weighted by Gasteiger charge is 2.29. The molecule has 0 aromatic heterocycles. The summed E-state index contributed by atoms with van der Waals surface area (Å²) in [6.45, 7) is 2.28. The highest BCUT2D eigenvalue weighted by Crippen LogP contribution is 2.44. The zero-order valence-electron chi connectivity index (χ0n) is 8.67. The summed E-state index contributed by atoms with van der Waals surface area (Å²) in [5.41, 5.74) is 1.52. The fourth-order valence-electron chi connectivity index (χ4n) is 2.41. The normalized spacial score (nSPS) is 25.9. The van der Waals surface area contributed by atoms with Crippen LogP contribution < -0.4 is 0 Å². The molecule has 1 heteroatoms. The maximum Gasteiger partial charge on any atom is 0.0178 e. The molecule has 1 aliphatic rings. The first-order valence-electron chi connectivity index (χ1n) is 5.55. The van der Waals surface area contributed by atoms with Crippen molar-refractivity contribution in [1.29, 1.82) is 0 Å². The number of halogens is 1. The molecule has 1 aromatic carbocycles. The molecule has 0 N–H and O–H groups in total. The summed E-state index contributed by atoms with van der Waals surface area (Å²) in [5.74, 6) is 1.84. The SMILES string of the molecule is CCCC1CC(c2cccc(Br)c2)C1. The molecule has 1 aromatic rings. The van der Waals surface area contributed by atoms with Crippen molar-refractivity contribution in [3.63, 3.8) is 0 Å². The molecule has 0 aliphatic heterocycles. The Morgan fingerprint density at radius 1 is 1.36 bits per heavy atom. The predicted molar refractivity (Wildman–Crippen MR) is 64.5 cm³/mol. The van der Waals surface area contributed by atoms with Gasteiger partial charge in [0.05, 0.1) is 0 Å². The van der Waals surface area contributed by atoms with Crippen LogP contribution in [0.25, 0.3) is 0 Å². The van der Waals surface area contributed by atoms with Gasteiger partial charge in [0, 0.05) is 4.47 Å². The molecule has 0 unspecified atom stereocenters. The van der Waals surface area contributed by atoms with Crippen LogP contribution in [-0.4, -0.2) is 0 Å². The van der Waals surface area contributed by atoms with Crippen LogP contribution in [0.3, 0.4) is 0 Å². The number of hydrogen-bond donors (Lipinski definition) is 0. The van der Waals surface area contributed by atoms with Gasteiger partial charge in [0.15, 0.2) is 0 Å². The minimum Gasteiger partial charge on any atom is -0.0654 e. The van der Waals surface area contributed by atoms with E-state index in [1.165, 1.54) is 35.7 Å². The van der Waals surface area contributed by atoms with E-state index in [4.69, 9.17) is 0 Å². The molecule has 76 valence electrons. The van der Waals surface area contributed by atoms with Crippen LogP contribution in [0.1, 0.15) is 44.1 Å². The van der Waals surface area contributed by atoms with Crippen molar-refractivity contribution in [1.82, 2.24) is 0 Å². The van der Waals surface area contributed by atoms with E-state index in [0.717, 1.165) is 11.8 Å². The van der Waals surface area contributed by atoms with E-state index in [9.17, 15) is 0 Å². The van der Waals surface area contributed by atoms with Gasteiger partial charge in [-0.25, -0.2) is 0 Å². The molecule has 1 saturated carbocycles. The number of benzene rings is 1. The molecule has 0 saturated heterocycles. The van der Waals surface area contributed by atoms with Gasteiger partial charge in [-0.2, -0.15) is 0 Å². The number of hydrogen-bond acceptors (Lipinski definition) is 0. The van der Waals surface area contributed by atoms with Gasteiger partial charge < -0.3 is 0 Å². The van der Waals surface area contributed by atoms with E-state index in [1.807, 2.05) is 0 Å². The van der Waals surface area contributed by atoms with Crippen LogP contribution in [0.15, 0.2) is 28.7 Å². The van der Waals surface area contributed by atoms with E-state index < -0.39 is 0 Å². The lowest BCUT2D eigenvalue weighted by molar-refractivity contribution is 0.246. The zero-order chi connectivity index (χ0) is 9.97. The van der Waals surface area contributed by atoms with Gasteiger partial charge in [0.2, 0.25) is 0 Å². The second-order valence-electron chi connectivity index (χ2n) is 4.38. The fourth-order valence-corrected chi connectivity index (χ4v) is 2.83. The van der Waals surface area contributed by atoms with Crippen LogP contribution >= 0.6 is 15.9 Å². The zero-order valence-corrected chi connectivity index (χ0v) is 10.3. The van der Waals surface area contributed by atoms with Crippen LogP contribution in [0.5, 0.6) is 0 Å². The maximum absolute atomic E-state index is 3.53. The predicted octanol–water partition coefficient (Wildman–Crippen LogP) is 4.74. The Morgan fingerprint density at radius 2 is 2.14 bits per heavy atom. The summed E-state index contributed by atoms with van der Waals surface area (Å²) in [5, 5.41) is 0. The molecule has 0 amide bonds. The molecule has 1 fully saturated rings. The molecular formula is C13H17Br. The molecule has 0 spiro atoms. The average molecular weight is 253 g/mol. The summed E-state index contributed by atoms with van der Waals surface area (Å²) >= 11 is 3.53. The van der Waals surface area contributed by atoms with E-state index in [-0.39, 0.29) is 0 Å². The lowest BCUT2D eigenvalue weighted by Crippen LogP contribution is -2.21. The van der Waals surface area contributed by atoms with Gasteiger partial charge >= 0.3 is 0 Å². The first-order chi connectivity index (χ1) is 6.79. The first kappa shape index (κ1) is 10.2. The van der Waals surface area contributed by atoms with Gasteiger partial charge in [-0.3, -0.25) is 0 Å². The van der Waals surface area contributed by atoms with Crippen molar-refractivity contribution in [3.8, 4) is 0 Å². The number of rotatable bonds is 3. The maximum atomic E-state index is 3.53. The minimum absolute atomic E-state index is 0.837. The summed E-state index contributed by atoms with van der Waals surface area (Å²) in [4.78, 5) is 0. The van der Waals surface area contributed by atoms with E-state index in [1.54, 1.807) is 0 Å². The summed E-state index contributed by atoms with van der Waals surface area (Å²) in [6.07, 6.45) is 5.58. The Morgan fingerprint density at radius 3 is 2.79 bits per heavy atom. The van der Waals surface area contributed by atoms with Crippen LogP contribution in [0.2, 0.25) is 0 Å². The second-order valence-corrected chi connectivity index (χ2v) is 5.29. The van der Waals surface area contributed by atoms with E-state index in [0.29, 0.717) is 0 Å². The van der Waals surface area contributed by atoms with Gasteiger partial charge in [0.25, 0.3) is 0 Å². The van der Waals surface area contributed by atoms with Crippen molar-refractivity contribution in [3.05, 3.63) is 34.3 Å². The molecule has 0 nitrogen and oxygen atoms in total. The largest absolute Gasteiger partial charge is 0.0654 e. The Bertz CT molecular complexity index is 300. The van der Waals surface area contributed by atoms with Gasteiger partial charge in [0.1, 0.15) is 0 Å². The Hall–Kier alpha value is -0.300. The van der Waals surface area contributed by atoms with Crippen molar-refractivity contribution in [2.24, 2.45) is 5.92 Å². The first-order valence-corrected chi connectivity index (χ1v) is 6.34. The summed E-state index contributed by atoms with van der Waals surface area (Å²) in [6, 6.07) is 8.78. The monoisotopic (exact) mass is 252 g/mol. The van der Waals surface area contributed by atoms with Gasteiger partial charge in [-0.1, -0.05) is 47.8 Å². The highest BCUT2D eigenvalue weighted by atomic mass is 79.9.